The highest BCUT2D eigenvalue weighted by Gasteiger charge is 2.28. The lowest BCUT2D eigenvalue weighted by Crippen LogP contribution is -2.48. The number of piperazine rings is 1. The minimum absolute atomic E-state index is 0.0227. The molecule has 2 saturated heterocycles. The number of nitrogens with zero attached hydrogens (tertiary/aromatic N) is 7. The maximum atomic E-state index is 13.4. The van der Waals surface area contributed by atoms with Gasteiger partial charge < -0.3 is 14.5 Å². The van der Waals surface area contributed by atoms with Gasteiger partial charge in [-0.1, -0.05) is 6.92 Å². The van der Waals surface area contributed by atoms with Crippen LogP contribution in [0.4, 0.5) is 21.2 Å². The Balaban J connectivity index is 1.22. The number of anilines is 3. The summed E-state index contributed by atoms with van der Waals surface area (Å²) in [7, 11) is 1.98. The zero-order valence-corrected chi connectivity index (χ0v) is 22.3. The summed E-state index contributed by atoms with van der Waals surface area (Å²) < 4.78 is 20.7. The number of hydrogen-bond acceptors (Lipinski definition) is 9. The van der Waals surface area contributed by atoms with Gasteiger partial charge >= 0.3 is 5.97 Å². The van der Waals surface area contributed by atoms with Crippen molar-refractivity contribution in [1.29, 1.82) is 0 Å². The predicted octanol–water partition coefficient (Wildman–Crippen LogP) is 4.15. The Bertz CT molecular complexity index is 1450. The fraction of sp³-hybridized carbons (Fsp3) is 0.407. The molecule has 9 nitrogen and oxygen atoms in total. The molecule has 198 valence electrons. The van der Waals surface area contributed by atoms with Crippen LogP contribution in [0, 0.1) is 5.82 Å². The number of halogens is 1. The van der Waals surface area contributed by atoms with Crippen molar-refractivity contribution in [2.45, 2.75) is 32.3 Å². The van der Waals surface area contributed by atoms with E-state index in [4.69, 9.17) is 19.8 Å². The van der Waals surface area contributed by atoms with Gasteiger partial charge in [0, 0.05) is 57.1 Å². The summed E-state index contributed by atoms with van der Waals surface area (Å²) in [5.41, 5.74) is 3.43. The normalized spacial score (nSPS) is 18.3. The molecule has 2 fully saturated rings. The van der Waals surface area contributed by atoms with Crippen LogP contribution in [0.15, 0.2) is 41.8 Å². The molecular weight excluding hydrogens is 505 g/mol. The highest BCUT2D eigenvalue weighted by atomic mass is 32.1. The number of esters is 1. The first-order valence-electron chi connectivity index (χ1n) is 13.0. The van der Waals surface area contributed by atoms with Crippen LogP contribution in [-0.2, 0) is 16.0 Å². The smallest absolute Gasteiger partial charge is 0.306 e. The summed E-state index contributed by atoms with van der Waals surface area (Å²) in [5, 5.41) is 7.81. The van der Waals surface area contributed by atoms with Crippen molar-refractivity contribution < 1.29 is 13.9 Å². The molecule has 1 atom stereocenters. The molecule has 6 rings (SSSR count). The highest BCUT2D eigenvalue weighted by Crippen LogP contribution is 2.33. The maximum absolute atomic E-state index is 13.4. The van der Waals surface area contributed by atoms with Gasteiger partial charge in [0.2, 0.25) is 0 Å². The Morgan fingerprint density at radius 1 is 1.11 bits per heavy atom. The number of carbonyl (C=O) groups excluding carboxylic acids is 1. The Morgan fingerprint density at radius 2 is 1.89 bits per heavy atom. The van der Waals surface area contributed by atoms with Crippen molar-refractivity contribution in [3.05, 3.63) is 53.3 Å². The van der Waals surface area contributed by atoms with Crippen molar-refractivity contribution in [2.24, 2.45) is 0 Å². The Hall–Kier alpha value is -3.57. The molecule has 38 heavy (non-hydrogen) atoms. The lowest BCUT2D eigenvalue weighted by molar-refractivity contribution is -0.142. The second kappa shape index (κ2) is 10.3. The summed E-state index contributed by atoms with van der Waals surface area (Å²) >= 11 is 1.53. The molecule has 5 heterocycles. The Kier molecular flexibility index (Phi) is 6.71. The van der Waals surface area contributed by atoms with Crippen molar-refractivity contribution in [3.63, 3.8) is 0 Å². The molecule has 11 heteroatoms. The predicted molar refractivity (Wildman–Crippen MR) is 146 cm³/mol. The average Bonchev–Trinajstić information content (AvgIpc) is 3.67. The molecule has 2 aliphatic heterocycles. The van der Waals surface area contributed by atoms with Crippen molar-refractivity contribution in [2.75, 3.05) is 49.6 Å². The summed E-state index contributed by atoms with van der Waals surface area (Å²) in [5.74, 6) is 1.46. The molecule has 1 aromatic carbocycles. The van der Waals surface area contributed by atoms with Crippen molar-refractivity contribution in [3.8, 4) is 11.3 Å². The maximum Gasteiger partial charge on any atom is 0.306 e. The first kappa shape index (κ1) is 24.7. The number of imidazole rings is 1. The zero-order valence-electron chi connectivity index (χ0n) is 21.5. The van der Waals surface area contributed by atoms with Gasteiger partial charge in [0.15, 0.2) is 16.6 Å². The fourth-order valence-electron chi connectivity index (χ4n) is 5.12. The van der Waals surface area contributed by atoms with E-state index in [0.29, 0.717) is 6.42 Å². The second-order valence-electron chi connectivity index (χ2n) is 9.72. The van der Waals surface area contributed by atoms with Gasteiger partial charge in [-0.15, -0.1) is 16.4 Å². The first-order chi connectivity index (χ1) is 18.5. The van der Waals surface area contributed by atoms with Crippen molar-refractivity contribution in [1.82, 2.24) is 24.5 Å². The number of benzene rings is 1. The third kappa shape index (κ3) is 4.83. The molecule has 0 radical (unpaired) electrons. The Labute approximate surface area is 224 Å². The van der Waals surface area contributed by atoms with Crippen LogP contribution in [0.3, 0.4) is 0 Å². The summed E-state index contributed by atoms with van der Waals surface area (Å²) in [6.45, 7) is 6.40. The number of rotatable bonds is 7. The molecule has 0 spiro atoms. The molecule has 0 aliphatic carbocycles. The molecule has 2 aliphatic rings. The standard InChI is InChI=1S/C27H30FN7O2S/c1-3-21-26(32(2)27-30-22(17-38-27)18-4-6-19(28)7-5-18)35-23(29-21)9-10-24(31-35)34-14-12-33(13-15-34)16-20-8-11-25(36)37-20/h4-7,9-10,17,20H,3,8,11-16H2,1-2H3. The SMILES string of the molecule is CCc1nc2ccc(N3CCN(CC4CCC(=O)O4)CC3)nn2c1N(C)c1nc(-c2ccc(F)cc2)cs1. The van der Waals surface area contributed by atoms with Gasteiger partial charge in [-0.2, -0.15) is 4.52 Å². The number of hydrogen-bond donors (Lipinski definition) is 0. The van der Waals surface area contributed by atoms with Gasteiger partial charge in [-0.05, 0) is 49.2 Å². The lowest BCUT2D eigenvalue weighted by atomic mass is 10.2. The lowest BCUT2D eigenvalue weighted by Gasteiger charge is -2.36. The van der Waals surface area contributed by atoms with Crippen LogP contribution >= 0.6 is 11.3 Å². The fourth-order valence-corrected chi connectivity index (χ4v) is 5.92. The molecule has 0 bridgehead atoms. The monoisotopic (exact) mass is 535 g/mol. The molecule has 1 unspecified atom stereocenters. The minimum Gasteiger partial charge on any atom is -0.461 e. The third-order valence-corrected chi connectivity index (χ3v) is 8.12. The summed E-state index contributed by atoms with van der Waals surface area (Å²) in [4.78, 5) is 27.8. The Morgan fingerprint density at radius 3 is 2.61 bits per heavy atom. The highest BCUT2D eigenvalue weighted by molar-refractivity contribution is 7.14. The quantitative estimate of drug-likeness (QED) is 0.327. The minimum atomic E-state index is -0.262. The number of carbonyl (C=O) groups is 1. The van der Waals surface area contributed by atoms with Gasteiger partial charge in [0.05, 0.1) is 11.4 Å². The second-order valence-corrected chi connectivity index (χ2v) is 10.6. The summed E-state index contributed by atoms with van der Waals surface area (Å²) in [6.07, 6.45) is 2.14. The molecule has 4 aromatic rings. The van der Waals surface area contributed by atoms with E-state index in [1.807, 2.05) is 34.0 Å². The van der Waals surface area contributed by atoms with Crippen LogP contribution < -0.4 is 9.80 Å². The molecule has 3 aromatic heterocycles. The average molecular weight is 536 g/mol. The van der Waals surface area contributed by atoms with E-state index in [-0.39, 0.29) is 17.9 Å². The number of aromatic nitrogens is 4. The number of ether oxygens (including phenoxy) is 1. The van der Waals surface area contributed by atoms with E-state index in [1.165, 1.54) is 23.5 Å². The number of thiazole rings is 1. The topological polar surface area (TPSA) is 79.1 Å². The van der Waals surface area contributed by atoms with Crippen LogP contribution in [-0.4, -0.2) is 76.3 Å². The van der Waals surface area contributed by atoms with E-state index in [2.05, 4.69) is 16.7 Å². The number of aryl methyl sites for hydroxylation is 1. The van der Waals surface area contributed by atoms with E-state index >= 15 is 0 Å². The van der Waals surface area contributed by atoms with Gasteiger partial charge in [0.25, 0.3) is 0 Å². The van der Waals surface area contributed by atoms with E-state index in [9.17, 15) is 9.18 Å². The largest absolute Gasteiger partial charge is 0.461 e. The van der Waals surface area contributed by atoms with Crippen LogP contribution in [0.25, 0.3) is 16.9 Å². The van der Waals surface area contributed by atoms with Crippen LogP contribution in [0.5, 0.6) is 0 Å². The van der Waals surface area contributed by atoms with E-state index in [1.54, 1.807) is 12.1 Å². The first-order valence-corrected chi connectivity index (χ1v) is 13.9. The number of cyclic esters (lactones) is 1. The van der Waals surface area contributed by atoms with Gasteiger partial charge in [0.1, 0.15) is 17.7 Å². The summed E-state index contributed by atoms with van der Waals surface area (Å²) in [6, 6.07) is 10.4. The van der Waals surface area contributed by atoms with E-state index < -0.39 is 0 Å². The number of fused-ring (bicyclic) bond motifs is 1. The molecule has 0 amide bonds. The molecule has 0 saturated carbocycles. The molecular formula is C27H30FN7O2S. The van der Waals surface area contributed by atoms with E-state index in [0.717, 1.165) is 84.9 Å². The van der Waals surface area contributed by atoms with Gasteiger partial charge in [-0.25, -0.2) is 14.4 Å². The molecule has 0 N–H and O–H groups in total. The van der Waals surface area contributed by atoms with Crippen LogP contribution in [0.1, 0.15) is 25.5 Å². The van der Waals surface area contributed by atoms with Gasteiger partial charge in [-0.3, -0.25) is 9.69 Å². The zero-order chi connectivity index (χ0) is 26.2. The third-order valence-electron chi connectivity index (χ3n) is 7.21. The van der Waals surface area contributed by atoms with Crippen LogP contribution in [0.2, 0.25) is 0 Å². The van der Waals surface area contributed by atoms with Crippen molar-refractivity contribution >= 4 is 39.7 Å².